The topological polar surface area (TPSA) is 38.7 Å². The van der Waals surface area contributed by atoms with Crippen LogP contribution < -0.4 is 0 Å². The molecule has 0 spiro atoms. The van der Waals surface area contributed by atoms with Crippen molar-refractivity contribution in [1.82, 2.24) is 15.0 Å². The van der Waals surface area contributed by atoms with E-state index >= 15 is 0 Å². The molecule has 0 saturated heterocycles. The highest BCUT2D eigenvalue weighted by molar-refractivity contribution is 6.30. The molecule has 4 heteroatoms. The number of hydrogen-bond donors (Lipinski definition) is 0. The van der Waals surface area contributed by atoms with Gasteiger partial charge in [-0.2, -0.15) is 0 Å². The quantitative estimate of drug-likeness (QED) is 0.479. The molecule has 3 aromatic rings. The van der Waals surface area contributed by atoms with E-state index < -0.39 is 0 Å². The molecule has 2 aromatic carbocycles. The number of halogens is 1. The van der Waals surface area contributed by atoms with Crippen LogP contribution in [0.15, 0.2) is 72.8 Å². The van der Waals surface area contributed by atoms with Crippen molar-refractivity contribution in [3.8, 4) is 22.8 Å². The first kappa shape index (κ1) is 19.0. The summed E-state index contributed by atoms with van der Waals surface area (Å²) in [5.41, 5.74) is 2.80. The van der Waals surface area contributed by atoms with E-state index in [1.165, 1.54) is 0 Å². The fraction of sp³-hybridized carbons (Fsp3) is 0.174. The Morgan fingerprint density at radius 3 is 2.19 bits per heavy atom. The molecule has 1 aromatic heterocycles. The second-order valence-electron chi connectivity index (χ2n) is 6.55. The Morgan fingerprint density at radius 1 is 0.889 bits per heavy atom. The van der Waals surface area contributed by atoms with Crippen molar-refractivity contribution in [2.45, 2.75) is 20.8 Å². The van der Waals surface area contributed by atoms with Gasteiger partial charge in [0.15, 0.2) is 17.5 Å². The van der Waals surface area contributed by atoms with Crippen LogP contribution in [0.1, 0.15) is 26.6 Å². The zero-order valence-electron chi connectivity index (χ0n) is 15.7. The minimum absolute atomic E-state index is 0.378. The van der Waals surface area contributed by atoms with E-state index in [0.29, 0.717) is 28.4 Å². The highest BCUT2D eigenvalue weighted by atomic mass is 35.5. The van der Waals surface area contributed by atoms with Gasteiger partial charge in [0, 0.05) is 21.7 Å². The molecular weight excluding hydrogens is 354 g/mol. The van der Waals surface area contributed by atoms with Gasteiger partial charge < -0.3 is 0 Å². The molecule has 0 amide bonds. The number of rotatable bonds is 5. The first-order valence-corrected chi connectivity index (χ1v) is 9.37. The van der Waals surface area contributed by atoms with Crippen LogP contribution in [-0.4, -0.2) is 15.0 Å². The normalized spacial score (nSPS) is 12.1. The van der Waals surface area contributed by atoms with Crippen molar-refractivity contribution in [2.24, 2.45) is 5.92 Å². The fourth-order valence-corrected chi connectivity index (χ4v) is 2.91. The van der Waals surface area contributed by atoms with Crippen LogP contribution in [-0.2, 0) is 0 Å². The molecule has 0 aliphatic rings. The molecule has 0 N–H and O–H groups in total. The molecular formula is C23H22ClN3. The van der Waals surface area contributed by atoms with E-state index in [4.69, 9.17) is 26.6 Å². The van der Waals surface area contributed by atoms with E-state index in [0.717, 1.165) is 16.7 Å². The second-order valence-corrected chi connectivity index (χ2v) is 6.99. The maximum atomic E-state index is 6.18. The van der Waals surface area contributed by atoms with Gasteiger partial charge in [-0.15, -0.1) is 0 Å². The highest BCUT2D eigenvalue weighted by Gasteiger charge is 2.13. The third kappa shape index (κ3) is 4.89. The second kappa shape index (κ2) is 8.74. The van der Waals surface area contributed by atoms with Gasteiger partial charge in [0.1, 0.15) is 0 Å². The maximum absolute atomic E-state index is 6.18. The van der Waals surface area contributed by atoms with Gasteiger partial charge in [0.05, 0.1) is 0 Å². The Bertz CT molecular complexity index is 976. The largest absolute Gasteiger partial charge is 0.208 e. The Morgan fingerprint density at radius 2 is 1.56 bits per heavy atom. The van der Waals surface area contributed by atoms with Crippen LogP contribution >= 0.6 is 11.6 Å². The Kier molecular flexibility index (Phi) is 6.15. The van der Waals surface area contributed by atoms with Crippen LogP contribution in [0.5, 0.6) is 0 Å². The van der Waals surface area contributed by atoms with Crippen molar-refractivity contribution >= 4 is 17.2 Å². The van der Waals surface area contributed by atoms with Crippen molar-refractivity contribution < 1.29 is 0 Å². The Hall–Kier alpha value is -2.78. The summed E-state index contributed by atoms with van der Waals surface area (Å²) in [5, 5.41) is 0.655. The summed E-state index contributed by atoms with van der Waals surface area (Å²) in [6.07, 6.45) is 6.19. The highest BCUT2D eigenvalue weighted by Crippen LogP contribution is 2.25. The van der Waals surface area contributed by atoms with Gasteiger partial charge in [-0.1, -0.05) is 86.1 Å². The molecule has 0 saturated carbocycles. The third-order valence-corrected chi connectivity index (χ3v) is 4.10. The van der Waals surface area contributed by atoms with Gasteiger partial charge in [0.2, 0.25) is 0 Å². The van der Waals surface area contributed by atoms with E-state index in [9.17, 15) is 0 Å². The van der Waals surface area contributed by atoms with Gasteiger partial charge in [0.25, 0.3) is 0 Å². The fourth-order valence-electron chi connectivity index (χ4n) is 2.72. The number of nitrogens with zero attached hydrogens (tertiary/aromatic N) is 3. The first-order chi connectivity index (χ1) is 13.1. The predicted octanol–water partition coefficient (Wildman–Crippen LogP) is 6.47. The average Bonchev–Trinajstić information content (AvgIpc) is 2.68. The molecule has 0 fully saturated rings. The molecule has 0 aliphatic carbocycles. The lowest BCUT2D eigenvalue weighted by molar-refractivity contribution is 0.832. The minimum atomic E-state index is 0.378. The van der Waals surface area contributed by atoms with Crippen molar-refractivity contribution in [1.29, 1.82) is 0 Å². The van der Waals surface area contributed by atoms with Crippen LogP contribution in [0, 0.1) is 5.92 Å². The van der Waals surface area contributed by atoms with Gasteiger partial charge in [-0.3, -0.25) is 0 Å². The summed E-state index contributed by atoms with van der Waals surface area (Å²) in [6, 6.07) is 17.5. The Balaban J connectivity index is 2.22. The maximum Gasteiger partial charge on any atom is 0.164 e. The monoisotopic (exact) mass is 375 g/mol. The number of aromatic nitrogens is 3. The van der Waals surface area contributed by atoms with Crippen LogP contribution in [0.2, 0.25) is 5.02 Å². The summed E-state index contributed by atoms with van der Waals surface area (Å²) in [4.78, 5) is 14.2. The SMILES string of the molecule is C/C=C\C(=C/C(C)C)c1nc(-c2ccccc2)nc(-c2cccc(Cl)c2)n1. The first-order valence-electron chi connectivity index (χ1n) is 8.99. The molecule has 0 atom stereocenters. The molecule has 0 unspecified atom stereocenters. The number of allylic oxidation sites excluding steroid dienone is 4. The molecule has 3 rings (SSSR count). The van der Waals surface area contributed by atoms with Gasteiger partial charge in [-0.25, -0.2) is 15.0 Å². The van der Waals surface area contributed by atoms with E-state index in [2.05, 4.69) is 19.9 Å². The van der Waals surface area contributed by atoms with E-state index in [-0.39, 0.29) is 0 Å². The smallest absolute Gasteiger partial charge is 0.164 e. The van der Waals surface area contributed by atoms with Crippen molar-refractivity contribution in [3.63, 3.8) is 0 Å². The predicted molar refractivity (Wildman–Crippen MR) is 113 cm³/mol. The van der Waals surface area contributed by atoms with E-state index in [1.54, 1.807) is 0 Å². The average molecular weight is 376 g/mol. The lowest BCUT2D eigenvalue weighted by Gasteiger charge is -2.10. The summed E-state index contributed by atoms with van der Waals surface area (Å²) in [7, 11) is 0. The molecule has 0 aliphatic heterocycles. The van der Waals surface area contributed by atoms with Crippen molar-refractivity contribution in [3.05, 3.63) is 83.7 Å². The molecule has 136 valence electrons. The Labute approximate surface area is 165 Å². The number of benzene rings is 2. The molecule has 1 heterocycles. The summed E-state index contributed by atoms with van der Waals surface area (Å²) in [5.74, 6) is 2.30. The van der Waals surface area contributed by atoms with Crippen molar-refractivity contribution in [2.75, 3.05) is 0 Å². The lowest BCUT2D eigenvalue weighted by atomic mass is 10.1. The summed E-state index contributed by atoms with van der Waals surface area (Å²) in [6.45, 7) is 6.27. The number of hydrogen-bond acceptors (Lipinski definition) is 3. The van der Waals surface area contributed by atoms with Crippen LogP contribution in [0.4, 0.5) is 0 Å². The molecule has 3 nitrogen and oxygen atoms in total. The minimum Gasteiger partial charge on any atom is -0.208 e. The molecule has 27 heavy (non-hydrogen) atoms. The molecule has 0 radical (unpaired) electrons. The molecule has 0 bridgehead atoms. The van der Waals surface area contributed by atoms with E-state index in [1.807, 2.05) is 73.7 Å². The summed E-state index contributed by atoms with van der Waals surface area (Å²) >= 11 is 6.18. The summed E-state index contributed by atoms with van der Waals surface area (Å²) < 4.78 is 0. The third-order valence-electron chi connectivity index (χ3n) is 3.87. The van der Waals surface area contributed by atoms with Gasteiger partial charge >= 0.3 is 0 Å². The standard InChI is InChI=1S/C23H22ClN3/c1-4-9-18(14-16(2)3)22-25-21(17-10-6-5-7-11-17)26-23(27-22)19-12-8-13-20(24)15-19/h4-16H,1-3H3/b9-4-,18-14+. The van der Waals surface area contributed by atoms with Crippen LogP contribution in [0.25, 0.3) is 28.3 Å². The van der Waals surface area contributed by atoms with Gasteiger partial charge in [-0.05, 0) is 25.0 Å². The van der Waals surface area contributed by atoms with Crippen LogP contribution in [0.3, 0.4) is 0 Å². The zero-order valence-corrected chi connectivity index (χ0v) is 16.5. The zero-order chi connectivity index (χ0) is 19.2. The lowest BCUT2D eigenvalue weighted by Crippen LogP contribution is -2.03.